The molecule has 4 rings (SSSR count). The van der Waals surface area contributed by atoms with Crippen LogP contribution in [0.2, 0.25) is 0 Å². The minimum atomic E-state index is -4.56. The van der Waals surface area contributed by atoms with Crippen LogP contribution in [0.4, 0.5) is 26.3 Å². The predicted octanol–water partition coefficient (Wildman–Crippen LogP) is 9.73. The summed E-state index contributed by atoms with van der Waals surface area (Å²) in [7, 11) is 0. The first-order valence-corrected chi connectivity index (χ1v) is 14.2. The topological polar surface area (TPSA) is 18.5 Å². The molecule has 2 nitrogen and oxygen atoms in total. The minimum Gasteiger partial charge on any atom is -0.493 e. The molecule has 0 aliphatic carbocycles. The zero-order chi connectivity index (χ0) is 30.1. The summed E-state index contributed by atoms with van der Waals surface area (Å²) in [6, 6.07) is 17.6. The molecule has 0 bridgehead atoms. The minimum absolute atomic E-state index is 0.281. The first-order chi connectivity index (χ1) is 20.1. The van der Waals surface area contributed by atoms with Crippen LogP contribution in [0.3, 0.4) is 0 Å². The molecule has 0 atom stereocenters. The van der Waals surface area contributed by atoms with Gasteiger partial charge in [0.25, 0.3) is 0 Å². The highest BCUT2D eigenvalue weighted by atomic mass is 19.4. The first kappa shape index (κ1) is 31.3. The summed E-state index contributed by atoms with van der Waals surface area (Å²) < 4.78 is 91.2. The van der Waals surface area contributed by atoms with E-state index in [1.807, 2.05) is 18.2 Å². The van der Waals surface area contributed by atoms with E-state index in [9.17, 15) is 22.0 Å². The lowest BCUT2D eigenvalue weighted by atomic mass is 9.97. The molecular formula is C34H34F6O2. The van der Waals surface area contributed by atoms with E-state index in [0.717, 1.165) is 48.8 Å². The second-order valence-electron chi connectivity index (χ2n) is 10.4. The highest BCUT2D eigenvalue weighted by molar-refractivity contribution is 5.84. The standard InChI is InChI=1S/C34H34F6O2/c1-2-3-4-5-18-41-28-15-14-25(30(35)21-28)10-6-23-8-16-29-27(19-23)13-12-26(33(29)37)11-7-24-9-17-32(31(36)20-24)42-22-34(38,39)40/h8-9,12-17,19-21H,2-7,10-11,18,22H2,1H3. The Morgan fingerprint density at radius 3 is 2.07 bits per heavy atom. The van der Waals surface area contributed by atoms with E-state index in [4.69, 9.17) is 4.74 Å². The smallest absolute Gasteiger partial charge is 0.422 e. The third-order valence-corrected chi connectivity index (χ3v) is 7.14. The molecule has 0 amide bonds. The van der Waals surface area contributed by atoms with Crippen molar-refractivity contribution >= 4 is 10.8 Å². The molecule has 8 heteroatoms. The van der Waals surface area contributed by atoms with Crippen LogP contribution in [0.25, 0.3) is 10.8 Å². The Balaban J connectivity index is 1.33. The molecule has 0 spiro atoms. The van der Waals surface area contributed by atoms with Gasteiger partial charge in [-0.05, 0) is 77.9 Å². The number of halogens is 6. The molecular weight excluding hydrogens is 554 g/mol. The molecule has 0 aliphatic rings. The summed E-state index contributed by atoms with van der Waals surface area (Å²) in [5.74, 6) is -1.53. The van der Waals surface area contributed by atoms with Crippen molar-refractivity contribution in [3.05, 3.63) is 106 Å². The lowest BCUT2D eigenvalue weighted by Gasteiger charge is -2.12. The normalized spacial score (nSPS) is 11.7. The van der Waals surface area contributed by atoms with E-state index >= 15 is 4.39 Å². The predicted molar refractivity (Wildman–Crippen MR) is 153 cm³/mol. The van der Waals surface area contributed by atoms with E-state index in [1.165, 1.54) is 12.1 Å². The molecule has 0 heterocycles. The van der Waals surface area contributed by atoms with Gasteiger partial charge in [0.05, 0.1) is 6.61 Å². The van der Waals surface area contributed by atoms with Crippen molar-refractivity contribution in [2.75, 3.05) is 13.2 Å². The number of aryl methyl sites for hydroxylation is 4. The molecule has 4 aromatic rings. The maximum Gasteiger partial charge on any atom is 0.422 e. The highest BCUT2D eigenvalue weighted by Gasteiger charge is 2.29. The van der Waals surface area contributed by atoms with Crippen molar-refractivity contribution in [2.24, 2.45) is 0 Å². The lowest BCUT2D eigenvalue weighted by Crippen LogP contribution is -2.19. The van der Waals surface area contributed by atoms with Crippen LogP contribution >= 0.6 is 0 Å². The first-order valence-electron chi connectivity index (χ1n) is 14.2. The Morgan fingerprint density at radius 1 is 0.643 bits per heavy atom. The molecule has 0 radical (unpaired) electrons. The van der Waals surface area contributed by atoms with Gasteiger partial charge in [0.1, 0.15) is 17.4 Å². The summed E-state index contributed by atoms with van der Waals surface area (Å²) in [5, 5.41) is 1.17. The average molecular weight is 589 g/mol. The third kappa shape index (κ3) is 8.91. The van der Waals surface area contributed by atoms with Gasteiger partial charge in [-0.1, -0.05) is 68.7 Å². The molecule has 0 saturated heterocycles. The summed E-state index contributed by atoms with van der Waals surface area (Å²) >= 11 is 0. The summed E-state index contributed by atoms with van der Waals surface area (Å²) in [4.78, 5) is 0. The highest BCUT2D eigenvalue weighted by Crippen LogP contribution is 2.27. The lowest BCUT2D eigenvalue weighted by molar-refractivity contribution is -0.153. The van der Waals surface area contributed by atoms with Crippen molar-refractivity contribution in [3.63, 3.8) is 0 Å². The van der Waals surface area contributed by atoms with Gasteiger partial charge in [0, 0.05) is 11.5 Å². The fourth-order valence-corrected chi connectivity index (χ4v) is 4.81. The van der Waals surface area contributed by atoms with Crippen molar-refractivity contribution < 1.29 is 35.8 Å². The molecule has 0 N–H and O–H groups in total. The molecule has 42 heavy (non-hydrogen) atoms. The van der Waals surface area contributed by atoms with Crippen LogP contribution < -0.4 is 9.47 Å². The van der Waals surface area contributed by atoms with E-state index in [2.05, 4.69) is 11.7 Å². The van der Waals surface area contributed by atoms with Crippen LogP contribution in [0, 0.1) is 17.5 Å². The molecule has 0 aromatic heterocycles. The van der Waals surface area contributed by atoms with Crippen LogP contribution in [0.15, 0.2) is 66.7 Å². The van der Waals surface area contributed by atoms with Gasteiger partial charge in [0.15, 0.2) is 18.2 Å². The van der Waals surface area contributed by atoms with Gasteiger partial charge in [-0.15, -0.1) is 0 Å². The van der Waals surface area contributed by atoms with E-state index < -0.39 is 24.3 Å². The molecule has 0 saturated carbocycles. The fraction of sp³-hybridized carbons (Fsp3) is 0.353. The fourth-order valence-electron chi connectivity index (χ4n) is 4.81. The Bertz CT molecular complexity index is 1480. The molecule has 0 fully saturated rings. The maximum absolute atomic E-state index is 15.3. The number of benzene rings is 4. The van der Waals surface area contributed by atoms with E-state index in [-0.39, 0.29) is 18.1 Å². The number of fused-ring (bicyclic) bond motifs is 1. The summed E-state index contributed by atoms with van der Waals surface area (Å²) in [6.07, 6.45) is 1.44. The number of hydrogen-bond donors (Lipinski definition) is 0. The number of alkyl halides is 3. The van der Waals surface area contributed by atoms with Crippen molar-refractivity contribution in [1.29, 1.82) is 0 Å². The Hall–Kier alpha value is -3.68. The second-order valence-corrected chi connectivity index (χ2v) is 10.4. The van der Waals surface area contributed by atoms with E-state index in [1.54, 1.807) is 24.3 Å². The largest absolute Gasteiger partial charge is 0.493 e. The number of hydrogen-bond acceptors (Lipinski definition) is 2. The Kier molecular flexibility index (Phi) is 10.8. The van der Waals surface area contributed by atoms with Crippen LogP contribution in [-0.4, -0.2) is 19.4 Å². The second kappa shape index (κ2) is 14.5. The monoisotopic (exact) mass is 588 g/mol. The van der Waals surface area contributed by atoms with Gasteiger partial charge in [0.2, 0.25) is 0 Å². The summed E-state index contributed by atoms with van der Waals surface area (Å²) in [6.45, 7) is 1.14. The van der Waals surface area contributed by atoms with E-state index in [0.29, 0.717) is 53.7 Å². The van der Waals surface area contributed by atoms with Crippen LogP contribution in [-0.2, 0) is 25.7 Å². The van der Waals surface area contributed by atoms with Crippen LogP contribution in [0.1, 0.15) is 54.9 Å². The quantitative estimate of drug-likeness (QED) is 0.108. The molecule has 224 valence electrons. The van der Waals surface area contributed by atoms with Crippen molar-refractivity contribution in [2.45, 2.75) is 64.5 Å². The third-order valence-electron chi connectivity index (χ3n) is 7.14. The van der Waals surface area contributed by atoms with Crippen LogP contribution in [0.5, 0.6) is 11.5 Å². The summed E-state index contributed by atoms with van der Waals surface area (Å²) in [5.41, 5.74) is 2.50. The zero-order valence-electron chi connectivity index (χ0n) is 23.5. The molecule has 0 unspecified atom stereocenters. The molecule has 0 aliphatic heterocycles. The number of unbranched alkanes of at least 4 members (excludes halogenated alkanes) is 3. The number of rotatable bonds is 14. The zero-order valence-corrected chi connectivity index (χ0v) is 23.5. The average Bonchev–Trinajstić information content (AvgIpc) is 2.95. The maximum atomic E-state index is 15.3. The SMILES string of the molecule is CCCCCCOc1ccc(CCc2ccc3c(F)c(CCc4ccc(OCC(F)(F)F)c(F)c4)ccc3c2)c(F)c1. The van der Waals surface area contributed by atoms with Gasteiger partial charge >= 0.3 is 6.18 Å². The number of ether oxygens (including phenoxy) is 2. The van der Waals surface area contributed by atoms with Crippen molar-refractivity contribution in [1.82, 2.24) is 0 Å². The van der Waals surface area contributed by atoms with Gasteiger partial charge in [-0.3, -0.25) is 0 Å². The Labute approximate surface area is 242 Å². The van der Waals surface area contributed by atoms with Gasteiger partial charge < -0.3 is 9.47 Å². The van der Waals surface area contributed by atoms with Gasteiger partial charge in [-0.2, -0.15) is 13.2 Å². The Morgan fingerprint density at radius 2 is 1.36 bits per heavy atom. The van der Waals surface area contributed by atoms with Gasteiger partial charge in [-0.25, -0.2) is 13.2 Å². The molecule has 4 aromatic carbocycles. The van der Waals surface area contributed by atoms with Crippen molar-refractivity contribution in [3.8, 4) is 11.5 Å².